The number of rotatable bonds is 11. The third-order valence-electron chi connectivity index (χ3n) is 10.8. The van der Waals surface area contributed by atoms with Crippen LogP contribution in [0.2, 0.25) is 0 Å². The number of ether oxygens (including phenoxy) is 1. The van der Waals surface area contributed by atoms with Crippen molar-refractivity contribution in [1.29, 1.82) is 0 Å². The fourth-order valence-electron chi connectivity index (χ4n) is 7.76. The number of allylic oxidation sites excluding steroid dienone is 4. The monoisotopic (exact) mass is 990 g/mol. The summed E-state index contributed by atoms with van der Waals surface area (Å²) in [6.45, 7) is -1.17. The zero-order valence-electron chi connectivity index (χ0n) is 34.9. The van der Waals surface area contributed by atoms with E-state index in [0.29, 0.717) is 20.9 Å². The molecular weight excluding hydrogens is 964 g/mol. The van der Waals surface area contributed by atoms with Gasteiger partial charge in [0, 0.05) is 53.3 Å². The normalized spacial score (nSPS) is 16.3. The molecule has 3 aromatic heterocycles. The third-order valence-corrected chi connectivity index (χ3v) is 12.5. The van der Waals surface area contributed by atoms with E-state index < -0.39 is 78.7 Å². The first-order chi connectivity index (χ1) is 31.9. The van der Waals surface area contributed by atoms with Crippen LogP contribution in [0.4, 0.5) is 5.69 Å². The smallest absolute Gasteiger partial charge is 0.744 e. The van der Waals surface area contributed by atoms with Gasteiger partial charge in [0.15, 0.2) is 5.75 Å². The van der Waals surface area contributed by atoms with Crippen LogP contribution in [0.3, 0.4) is 0 Å². The Morgan fingerprint density at radius 1 is 0.632 bits per heavy atom. The number of nitrogens with zero attached hydrogens (tertiary/aromatic N) is 4. The fraction of sp³-hybridized carbons (Fsp3) is 0.140. The van der Waals surface area contributed by atoms with Gasteiger partial charge in [0.25, 0.3) is 35.7 Å². The molecular formula is C43H27KN4O18S2. The molecule has 0 radical (unpaired) electrons. The first-order valence-electron chi connectivity index (χ1n) is 19.8. The first-order valence-corrected chi connectivity index (χ1v) is 22.6. The number of fused-ring (bicyclic) bond motifs is 8. The van der Waals surface area contributed by atoms with Crippen LogP contribution in [-0.2, 0) is 65.2 Å². The molecule has 2 saturated heterocycles. The van der Waals surface area contributed by atoms with Gasteiger partial charge in [-0.1, -0.05) is 18.2 Å². The molecule has 0 unspecified atom stereocenters. The van der Waals surface area contributed by atoms with Crippen molar-refractivity contribution in [2.24, 2.45) is 0 Å². The van der Waals surface area contributed by atoms with Crippen molar-refractivity contribution in [3.8, 4) is 5.75 Å². The Morgan fingerprint density at radius 2 is 1.16 bits per heavy atom. The molecule has 0 atom stereocenters. The van der Waals surface area contributed by atoms with Crippen LogP contribution in [-0.4, -0.2) is 78.2 Å². The van der Waals surface area contributed by atoms with Crippen LogP contribution in [0.25, 0.3) is 61.1 Å². The Kier molecular flexibility index (Phi) is 12.0. The summed E-state index contributed by atoms with van der Waals surface area (Å²) in [4.78, 5) is 85.8. The molecule has 2 fully saturated rings. The van der Waals surface area contributed by atoms with E-state index >= 15 is 0 Å². The Labute approximate surface area is 423 Å². The van der Waals surface area contributed by atoms with Gasteiger partial charge in [-0.25, -0.2) is 26.4 Å². The number of carbonyl (C=O) groups excluding carboxylic acids is 6. The summed E-state index contributed by atoms with van der Waals surface area (Å²) in [7, 11) is -9.63. The number of amides is 4. The van der Waals surface area contributed by atoms with Crippen LogP contribution in [0.1, 0.15) is 31.6 Å². The van der Waals surface area contributed by atoms with E-state index in [1.165, 1.54) is 88.4 Å². The average molecular weight is 991 g/mol. The van der Waals surface area contributed by atoms with Crippen LogP contribution in [0.15, 0.2) is 114 Å². The van der Waals surface area contributed by atoms with E-state index in [1.807, 2.05) is 0 Å². The van der Waals surface area contributed by atoms with Gasteiger partial charge in [-0.3, -0.25) is 24.1 Å². The van der Waals surface area contributed by atoms with Crippen LogP contribution in [0, 0.1) is 0 Å². The van der Waals surface area contributed by atoms with E-state index in [1.54, 1.807) is 0 Å². The molecule has 22 nitrogen and oxygen atoms in total. The van der Waals surface area contributed by atoms with Crippen LogP contribution >= 0.6 is 0 Å². The van der Waals surface area contributed by atoms with Crippen molar-refractivity contribution in [2.45, 2.75) is 42.0 Å². The molecule has 6 heterocycles. The average Bonchev–Trinajstić information content (AvgIpc) is 4.12. The SMILES string of the molecule is O=C(CN1/C(=C/C=C/C=C/c2oc3cc4c(cc3[n+]2CC(=O)ON2C(=O)CCC2=O)oc2ccc(S(=O)(=O)[O-])cc24)Oc2cc3c(cc21)oc1ccc(S(=O)(=O)[O-])cc13)ON1C(=O)CCC1=O.[K+]. The summed E-state index contributed by atoms with van der Waals surface area (Å²) in [5.41, 5.74) is 1.66. The number of carbonyl (C=O) groups is 6. The maximum atomic E-state index is 13.2. The number of oxazole rings is 1. The standard InChI is InChI=1S/C43H28N4O18S2.K/c48-36-10-11-37(49)46(36)64-42(52)20-44-28-18-32-26(24-14-22(66(54,55)56)6-8-30(24)60-32)16-34(28)62-40(44)4-2-1-3-5-41-45(21-43(53)65-47-38(50)12-13-39(47)51)29-19-33-27(17-35(29)63-41)25-15-23(67(57,58)59)7-9-31(25)61-33;/h1-9,14-19H,10-13,20-21H2,(H-,54,55,56,57,58,59);/q;+1/p-1. The summed E-state index contributed by atoms with van der Waals surface area (Å²) >= 11 is 0. The maximum absolute atomic E-state index is 13.2. The first kappa shape index (κ1) is 46.6. The number of imide groups is 2. The van der Waals surface area contributed by atoms with Crippen molar-refractivity contribution in [3.63, 3.8) is 0 Å². The zero-order chi connectivity index (χ0) is 47.1. The fourth-order valence-corrected chi connectivity index (χ4v) is 8.75. The molecule has 7 aromatic rings. The van der Waals surface area contributed by atoms with Gasteiger partial charge < -0.3 is 36.8 Å². The number of benzene rings is 4. The molecule has 0 saturated carbocycles. The molecule has 4 aromatic carbocycles. The second-order valence-electron chi connectivity index (χ2n) is 15.1. The van der Waals surface area contributed by atoms with E-state index in [0.717, 1.165) is 12.1 Å². The number of anilines is 1. The van der Waals surface area contributed by atoms with Crippen LogP contribution < -0.4 is 65.6 Å². The minimum atomic E-state index is -4.81. The summed E-state index contributed by atoms with van der Waals surface area (Å²) in [5, 5.41) is 2.11. The molecule has 10 rings (SSSR count). The van der Waals surface area contributed by atoms with Gasteiger partial charge in [-0.05, 0) is 54.6 Å². The van der Waals surface area contributed by atoms with Gasteiger partial charge in [-0.15, -0.1) is 14.7 Å². The Hall–Kier alpha value is -6.55. The number of hydrogen-bond donors (Lipinski definition) is 0. The quantitative estimate of drug-likeness (QED) is 0.0570. The van der Waals surface area contributed by atoms with Gasteiger partial charge in [0.2, 0.25) is 11.5 Å². The molecule has 0 aliphatic carbocycles. The topological polar surface area (TPSA) is 298 Å². The molecule has 25 heteroatoms. The molecule has 0 bridgehead atoms. The number of hydroxylamine groups is 4. The van der Waals surface area contributed by atoms with Crippen molar-refractivity contribution in [2.75, 3.05) is 11.4 Å². The molecule has 3 aliphatic heterocycles. The molecule has 0 spiro atoms. The predicted octanol–water partition coefficient (Wildman–Crippen LogP) is 0.856. The minimum absolute atomic E-state index is 0. The predicted molar refractivity (Wildman–Crippen MR) is 222 cm³/mol. The number of aromatic nitrogens is 1. The van der Waals surface area contributed by atoms with Gasteiger partial charge >= 0.3 is 69.2 Å². The van der Waals surface area contributed by atoms with Crippen LogP contribution in [0.5, 0.6) is 5.75 Å². The van der Waals surface area contributed by atoms with Crippen molar-refractivity contribution in [3.05, 3.63) is 96.7 Å². The largest absolute Gasteiger partial charge is 1.00 e. The van der Waals surface area contributed by atoms with E-state index in [2.05, 4.69) is 0 Å². The summed E-state index contributed by atoms with van der Waals surface area (Å²) in [5.74, 6) is -4.56. The van der Waals surface area contributed by atoms with Crippen molar-refractivity contribution >= 4 is 123 Å². The second-order valence-corrected chi connectivity index (χ2v) is 17.9. The third kappa shape index (κ3) is 8.62. The summed E-state index contributed by atoms with van der Waals surface area (Å²) < 4.78 is 96.2. The molecule has 3 aliphatic rings. The summed E-state index contributed by atoms with van der Waals surface area (Å²) in [6.07, 6.45) is 6.83. The Morgan fingerprint density at radius 3 is 1.74 bits per heavy atom. The molecule has 4 amide bonds. The van der Waals surface area contributed by atoms with Crippen molar-refractivity contribution < 1.29 is 138 Å². The van der Waals surface area contributed by atoms with Gasteiger partial charge in [0.1, 0.15) is 49.1 Å². The van der Waals surface area contributed by atoms with Crippen molar-refractivity contribution in [1.82, 2.24) is 10.1 Å². The molecule has 68 heavy (non-hydrogen) atoms. The van der Waals surface area contributed by atoms with E-state index in [9.17, 15) is 54.7 Å². The van der Waals surface area contributed by atoms with E-state index in [-0.39, 0.29) is 144 Å². The second kappa shape index (κ2) is 17.5. The maximum Gasteiger partial charge on any atom is 1.00 e. The molecule has 0 N–H and O–H groups in total. The minimum Gasteiger partial charge on any atom is -0.744 e. The number of hydrogen-bond acceptors (Lipinski definition) is 19. The Bertz CT molecular complexity index is 3700. The van der Waals surface area contributed by atoms with Gasteiger partial charge in [-0.2, -0.15) is 0 Å². The van der Waals surface area contributed by atoms with E-state index in [4.69, 9.17) is 27.7 Å². The summed E-state index contributed by atoms with van der Waals surface area (Å²) in [6, 6.07) is 13.2. The molecule has 340 valence electrons. The zero-order valence-corrected chi connectivity index (χ0v) is 39.6. The Balaban J connectivity index is 0.00000578. The van der Waals surface area contributed by atoms with Gasteiger partial charge in [0.05, 0.1) is 27.6 Å². The number of furan rings is 2.